The second-order valence-corrected chi connectivity index (χ2v) is 11.6. The third-order valence-electron chi connectivity index (χ3n) is 9.08. The number of nitrogens with one attached hydrogen (secondary N) is 1. The van der Waals surface area contributed by atoms with Crippen LogP contribution in [0.25, 0.3) is 0 Å². The van der Waals surface area contributed by atoms with Gasteiger partial charge >= 0.3 is 23.9 Å². The molecule has 1 aromatic carbocycles. The predicted molar refractivity (Wildman–Crippen MR) is 146 cm³/mol. The summed E-state index contributed by atoms with van der Waals surface area (Å²) in [6.45, 7) is 1.76. The number of carboxylic acid groups (broad SMARTS) is 2. The number of carbonyl (C=O) groups is 5. The Morgan fingerprint density at radius 1 is 1.18 bits per heavy atom. The maximum atomic E-state index is 13.0. The van der Waals surface area contributed by atoms with Gasteiger partial charge < -0.3 is 49.6 Å². The van der Waals surface area contributed by atoms with E-state index in [-0.39, 0.29) is 18.2 Å². The van der Waals surface area contributed by atoms with Gasteiger partial charge in [0.05, 0.1) is 31.0 Å². The van der Waals surface area contributed by atoms with Crippen LogP contribution in [0, 0.1) is 0 Å². The van der Waals surface area contributed by atoms with Gasteiger partial charge in [0.15, 0.2) is 29.8 Å². The molecule has 1 saturated heterocycles. The number of esters is 2. The van der Waals surface area contributed by atoms with E-state index in [4.69, 9.17) is 29.2 Å². The SMILES string of the molecule is COc1ccc2c3c1O[C@@H]1C(OC(=O)[C@@H](O)CC(=O)O[C@@H](C)C(=O)N[C@H](CC(=O)O)C(=O)O)=CC[C@]4(O)[C@H](C2)N(C)CC[C@@]314. The molecule has 238 valence electrons. The van der Waals surface area contributed by atoms with Gasteiger partial charge in [0.1, 0.15) is 11.8 Å². The number of aliphatic carboxylic acids is 2. The molecule has 2 aliphatic carbocycles. The minimum atomic E-state index is -2.00. The summed E-state index contributed by atoms with van der Waals surface area (Å²) < 4.78 is 22.4. The average Bonchev–Trinajstić information content (AvgIpc) is 3.31. The number of hydrogen-bond acceptors (Lipinski definition) is 12. The molecule has 0 radical (unpaired) electrons. The van der Waals surface area contributed by atoms with Crippen LogP contribution in [-0.4, -0.2) is 112 Å². The van der Waals surface area contributed by atoms with Gasteiger partial charge in [-0.2, -0.15) is 0 Å². The van der Waals surface area contributed by atoms with E-state index in [1.807, 2.05) is 18.4 Å². The molecule has 15 heteroatoms. The first kappa shape index (κ1) is 31.2. The summed E-state index contributed by atoms with van der Waals surface area (Å²) in [5.74, 6) is -5.50. The monoisotopic (exact) mass is 618 g/mol. The molecule has 44 heavy (non-hydrogen) atoms. The van der Waals surface area contributed by atoms with Crippen molar-refractivity contribution in [2.45, 2.75) is 80.4 Å². The molecule has 4 aliphatic rings. The van der Waals surface area contributed by atoms with E-state index in [1.165, 1.54) is 7.11 Å². The van der Waals surface area contributed by atoms with Crippen LogP contribution in [0.4, 0.5) is 0 Å². The molecule has 0 aromatic heterocycles. The lowest BCUT2D eigenvalue weighted by Gasteiger charge is -2.61. The van der Waals surface area contributed by atoms with Crippen molar-refractivity contribution < 1.29 is 63.3 Å². The Labute approximate surface area is 251 Å². The molecule has 1 amide bonds. The van der Waals surface area contributed by atoms with Crippen LogP contribution in [0.15, 0.2) is 24.0 Å². The Bertz CT molecular complexity index is 1440. The van der Waals surface area contributed by atoms with Crippen LogP contribution < -0.4 is 14.8 Å². The number of amides is 1. The van der Waals surface area contributed by atoms with Crippen LogP contribution in [0.2, 0.25) is 0 Å². The normalized spacial score (nSPS) is 28.2. The van der Waals surface area contributed by atoms with Gasteiger partial charge in [-0.15, -0.1) is 0 Å². The fourth-order valence-electron chi connectivity index (χ4n) is 6.98. The summed E-state index contributed by atoms with van der Waals surface area (Å²) in [4.78, 5) is 61.7. The highest BCUT2D eigenvalue weighted by atomic mass is 16.6. The van der Waals surface area contributed by atoms with Crippen molar-refractivity contribution >= 4 is 29.8 Å². The third kappa shape index (κ3) is 4.94. The number of likely N-dealkylation sites (tertiary alicyclic amines) is 1. The van der Waals surface area contributed by atoms with Crippen molar-refractivity contribution in [3.8, 4) is 11.5 Å². The molecule has 7 atom stereocenters. The zero-order chi connectivity index (χ0) is 32.1. The van der Waals surface area contributed by atoms with Crippen molar-refractivity contribution in [1.82, 2.24) is 10.2 Å². The second kappa shape index (κ2) is 11.4. The molecule has 5 rings (SSSR count). The Kier molecular flexibility index (Phi) is 8.07. The number of carbonyl (C=O) groups excluding carboxylic acids is 3. The van der Waals surface area contributed by atoms with Crippen LogP contribution in [-0.2, 0) is 45.3 Å². The molecule has 1 aromatic rings. The highest BCUT2D eigenvalue weighted by Crippen LogP contribution is 2.65. The number of aliphatic hydroxyl groups is 2. The standard InChI is InChI=1S/C29H34N2O13/c1-13(25(36)30-15(26(37)38)11-20(33)34)42-21(35)12-16(32)27(39)43-18-6-7-29(40)19-10-14-4-5-17(41-3)23-22(14)28(29,24(18)44-23)8-9-31(19)2/h4-6,13,15-16,19,24,32,40H,7-12H2,1-3H3,(H,30,36)(H,33,34)(H,37,38)/t13-,15+,16-,19-,24+,28+,29-/m0/s1. The van der Waals surface area contributed by atoms with Crippen molar-refractivity contribution in [3.05, 3.63) is 35.1 Å². The van der Waals surface area contributed by atoms with Crippen molar-refractivity contribution in [1.29, 1.82) is 0 Å². The van der Waals surface area contributed by atoms with Gasteiger partial charge in [0.2, 0.25) is 0 Å². The summed E-state index contributed by atoms with van der Waals surface area (Å²) in [5, 5.41) is 42.6. The quantitative estimate of drug-likeness (QED) is 0.193. The molecule has 5 N–H and O–H groups in total. The molecule has 0 saturated carbocycles. The van der Waals surface area contributed by atoms with E-state index in [0.29, 0.717) is 30.9 Å². The number of nitrogens with zero attached hydrogens (tertiary/aromatic N) is 1. The zero-order valence-corrected chi connectivity index (χ0v) is 24.3. The number of piperidine rings is 1. The topological polar surface area (TPSA) is 218 Å². The highest BCUT2D eigenvalue weighted by molar-refractivity contribution is 5.90. The number of likely N-dealkylation sites (N-methyl/N-ethyl adjacent to an activating group) is 1. The predicted octanol–water partition coefficient (Wildman–Crippen LogP) is -0.757. The average molecular weight is 619 g/mol. The number of ether oxygens (including phenoxy) is 4. The van der Waals surface area contributed by atoms with Gasteiger partial charge in [0.25, 0.3) is 5.91 Å². The zero-order valence-electron chi connectivity index (χ0n) is 24.3. The van der Waals surface area contributed by atoms with E-state index >= 15 is 0 Å². The smallest absolute Gasteiger partial charge is 0.340 e. The summed E-state index contributed by atoms with van der Waals surface area (Å²) in [5.41, 5.74) is -0.377. The van der Waals surface area contributed by atoms with Crippen molar-refractivity contribution in [3.63, 3.8) is 0 Å². The lowest BCUT2D eigenvalue weighted by molar-refractivity contribution is -0.173. The molecular weight excluding hydrogens is 584 g/mol. The van der Waals surface area contributed by atoms with Gasteiger partial charge in [0, 0.05) is 18.0 Å². The maximum absolute atomic E-state index is 13.0. The first-order valence-electron chi connectivity index (χ1n) is 14.1. The molecule has 2 aliphatic heterocycles. The van der Waals surface area contributed by atoms with E-state index in [0.717, 1.165) is 18.1 Å². The fraction of sp³-hybridized carbons (Fsp3) is 0.552. The molecule has 0 unspecified atom stereocenters. The Balaban J connectivity index is 1.28. The van der Waals surface area contributed by atoms with Crippen molar-refractivity contribution in [2.24, 2.45) is 0 Å². The number of carboxylic acids is 2. The van der Waals surface area contributed by atoms with E-state index in [9.17, 15) is 34.2 Å². The second-order valence-electron chi connectivity index (χ2n) is 11.6. The number of hydrogen-bond donors (Lipinski definition) is 5. The lowest BCUT2D eigenvalue weighted by atomic mass is 9.50. The minimum Gasteiger partial charge on any atom is -0.493 e. The van der Waals surface area contributed by atoms with E-state index in [2.05, 4.69) is 4.90 Å². The number of aliphatic hydroxyl groups excluding tert-OH is 1. The van der Waals surface area contributed by atoms with Crippen LogP contribution in [0.1, 0.15) is 43.7 Å². The first-order valence-corrected chi connectivity index (χ1v) is 14.1. The maximum Gasteiger partial charge on any atom is 0.340 e. The Morgan fingerprint density at radius 2 is 1.91 bits per heavy atom. The summed E-state index contributed by atoms with van der Waals surface area (Å²) >= 11 is 0. The van der Waals surface area contributed by atoms with E-state index < -0.39 is 78.0 Å². The molecule has 15 nitrogen and oxygen atoms in total. The van der Waals surface area contributed by atoms with Crippen molar-refractivity contribution in [2.75, 3.05) is 20.7 Å². The largest absolute Gasteiger partial charge is 0.493 e. The highest BCUT2D eigenvalue weighted by Gasteiger charge is 2.72. The minimum absolute atomic E-state index is 0.0763. The summed E-state index contributed by atoms with van der Waals surface area (Å²) in [7, 11) is 3.46. The van der Waals surface area contributed by atoms with Crippen LogP contribution >= 0.6 is 0 Å². The van der Waals surface area contributed by atoms with Crippen LogP contribution in [0.3, 0.4) is 0 Å². The number of benzene rings is 1. The molecule has 2 heterocycles. The lowest BCUT2D eigenvalue weighted by Crippen LogP contribution is -2.74. The fourth-order valence-corrected chi connectivity index (χ4v) is 6.98. The van der Waals surface area contributed by atoms with E-state index in [1.54, 1.807) is 12.1 Å². The van der Waals surface area contributed by atoms with Gasteiger partial charge in [-0.25, -0.2) is 9.59 Å². The van der Waals surface area contributed by atoms with Gasteiger partial charge in [-0.05, 0) is 51.1 Å². The van der Waals surface area contributed by atoms with Gasteiger partial charge in [-0.1, -0.05) is 6.07 Å². The van der Waals surface area contributed by atoms with Crippen LogP contribution in [0.5, 0.6) is 11.5 Å². The Hall–Kier alpha value is -4.21. The molecule has 1 fully saturated rings. The molecule has 2 bridgehead atoms. The first-order chi connectivity index (χ1) is 20.7. The number of methoxy groups -OCH3 is 1. The molecule has 1 spiro atoms. The molecular formula is C29H34N2O13. The summed E-state index contributed by atoms with van der Waals surface area (Å²) in [6, 6.07) is 1.76. The Morgan fingerprint density at radius 3 is 2.57 bits per heavy atom. The number of rotatable bonds is 11. The summed E-state index contributed by atoms with van der Waals surface area (Å²) in [6.07, 6.45) is -3.48. The van der Waals surface area contributed by atoms with Gasteiger partial charge in [-0.3, -0.25) is 14.4 Å². The third-order valence-corrected chi connectivity index (χ3v) is 9.08.